The molecule has 5 heteroatoms. The number of amides is 1. The minimum atomic E-state index is -0.159. The second kappa shape index (κ2) is 7.58. The Kier molecular flexibility index (Phi) is 4.83. The summed E-state index contributed by atoms with van der Waals surface area (Å²) < 4.78 is 0. The third kappa shape index (κ3) is 3.67. The summed E-state index contributed by atoms with van der Waals surface area (Å²) in [6, 6.07) is 17.8. The van der Waals surface area contributed by atoms with Crippen LogP contribution in [0.15, 0.2) is 67.1 Å². The van der Waals surface area contributed by atoms with Gasteiger partial charge in [-0.05, 0) is 24.0 Å². The summed E-state index contributed by atoms with van der Waals surface area (Å²) in [5, 5.41) is 0. The number of ketones is 1. The maximum absolute atomic E-state index is 12.9. The molecule has 0 spiro atoms. The van der Waals surface area contributed by atoms with Crippen molar-refractivity contribution in [2.24, 2.45) is 5.92 Å². The maximum Gasteiger partial charge on any atom is 0.271 e. The Morgan fingerprint density at radius 3 is 2.44 bits per heavy atom. The van der Waals surface area contributed by atoms with E-state index in [-0.39, 0.29) is 17.6 Å². The van der Waals surface area contributed by atoms with E-state index in [0.717, 1.165) is 24.0 Å². The monoisotopic (exact) mass is 359 g/mol. The number of imidazole rings is 1. The lowest BCUT2D eigenvalue weighted by Gasteiger charge is -2.31. The van der Waals surface area contributed by atoms with Crippen LogP contribution in [0.4, 0.5) is 0 Å². The largest absolute Gasteiger partial charge is 0.341 e. The summed E-state index contributed by atoms with van der Waals surface area (Å²) in [5.74, 6) is -0.144. The zero-order valence-corrected chi connectivity index (χ0v) is 15.0. The Labute approximate surface area is 158 Å². The van der Waals surface area contributed by atoms with Crippen molar-refractivity contribution in [3.05, 3.63) is 78.4 Å². The van der Waals surface area contributed by atoms with Gasteiger partial charge in [0.2, 0.25) is 0 Å². The lowest BCUT2D eigenvalue weighted by atomic mass is 9.89. The molecule has 4 rings (SSSR count). The van der Waals surface area contributed by atoms with Gasteiger partial charge in [-0.3, -0.25) is 9.59 Å². The van der Waals surface area contributed by atoms with E-state index in [0.29, 0.717) is 24.3 Å². The summed E-state index contributed by atoms with van der Waals surface area (Å²) in [6.45, 7) is 1.13. The van der Waals surface area contributed by atoms with Gasteiger partial charge in [0.25, 0.3) is 5.91 Å². The molecule has 0 bridgehead atoms. The van der Waals surface area contributed by atoms with E-state index >= 15 is 0 Å². The molecule has 0 saturated carbocycles. The van der Waals surface area contributed by atoms with Crippen LogP contribution in [-0.2, 0) is 0 Å². The van der Waals surface area contributed by atoms with Crippen LogP contribution in [0.3, 0.4) is 0 Å². The normalized spacial score (nSPS) is 16.9. The number of rotatable bonds is 4. The van der Waals surface area contributed by atoms with Crippen molar-refractivity contribution in [1.29, 1.82) is 0 Å². The van der Waals surface area contributed by atoms with E-state index in [1.165, 1.54) is 12.5 Å². The zero-order chi connectivity index (χ0) is 18.6. The predicted molar refractivity (Wildman–Crippen MR) is 103 cm³/mol. The highest BCUT2D eigenvalue weighted by Crippen LogP contribution is 2.24. The molecule has 136 valence electrons. The van der Waals surface area contributed by atoms with Gasteiger partial charge >= 0.3 is 0 Å². The van der Waals surface area contributed by atoms with Gasteiger partial charge < -0.3 is 9.88 Å². The highest BCUT2D eigenvalue weighted by molar-refractivity contribution is 5.99. The smallest absolute Gasteiger partial charge is 0.271 e. The molecule has 2 heterocycles. The van der Waals surface area contributed by atoms with Crippen molar-refractivity contribution in [2.45, 2.75) is 12.8 Å². The molecule has 1 aliphatic heterocycles. The van der Waals surface area contributed by atoms with Gasteiger partial charge in [0.15, 0.2) is 5.78 Å². The van der Waals surface area contributed by atoms with Crippen molar-refractivity contribution in [2.75, 3.05) is 13.1 Å². The number of H-pyrrole nitrogens is 1. The van der Waals surface area contributed by atoms with Gasteiger partial charge in [0.1, 0.15) is 5.69 Å². The molecule has 0 radical (unpaired) electrons. The molecular formula is C22H21N3O2. The molecule has 1 aliphatic rings. The standard InChI is InChI=1S/C22H21N3O2/c26-21(18-10-8-17(9-11-18)16-5-2-1-3-6-16)19-7-4-12-25(14-19)22(27)20-13-23-15-24-20/h1-3,5-6,8-11,13,15,19H,4,7,12,14H2,(H,23,24)/t19-/m0/s1. The fraction of sp³-hybridized carbons (Fsp3) is 0.227. The number of carbonyl (C=O) groups is 2. The number of aromatic nitrogens is 2. The number of piperidine rings is 1. The molecule has 1 saturated heterocycles. The first-order chi connectivity index (χ1) is 13.2. The molecule has 1 fully saturated rings. The van der Waals surface area contributed by atoms with Crippen LogP contribution < -0.4 is 0 Å². The third-order valence-electron chi connectivity index (χ3n) is 5.08. The van der Waals surface area contributed by atoms with Crippen LogP contribution >= 0.6 is 0 Å². The fourth-order valence-electron chi connectivity index (χ4n) is 3.61. The fourth-order valence-corrected chi connectivity index (χ4v) is 3.61. The average Bonchev–Trinajstić information content (AvgIpc) is 3.28. The molecule has 1 amide bonds. The van der Waals surface area contributed by atoms with E-state index in [1.54, 1.807) is 4.90 Å². The number of benzene rings is 2. The highest BCUT2D eigenvalue weighted by Gasteiger charge is 2.29. The number of likely N-dealkylation sites (tertiary alicyclic amines) is 1. The third-order valence-corrected chi connectivity index (χ3v) is 5.08. The molecular weight excluding hydrogens is 338 g/mol. The Bertz CT molecular complexity index is 918. The van der Waals surface area contributed by atoms with Gasteiger partial charge in [-0.25, -0.2) is 4.98 Å². The second-order valence-corrected chi connectivity index (χ2v) is 6.86. The number of carbonyl (C=O) groups excluding carboxylic acids is 2. The van der Waals surface area contributed by atoms with E-state index in [4.69, 9.17) is 0 Å². The van der Waals surface area contributed by atoms with Gasteiger partial charge in [0.05, 0.1) is 12.5 Å². The molecule has 0 unspecified atom stereocenters. The SMILES string of the molecule is O=C(c1ccc(-c2ccccc2)cc1)[C@H]1CCCN(C(=O)c2cnc[nH]2)C1. The van der Waals surface area contributed by atoms with Crippen molar-refractivity contribution in [3.8, 4) is 11.1 Å². The van der Waals surface area contributed by atoms with Gasteiger partial charge in [-0.1, -0.05) is 54.6 Å². The molecule has 3 aromatic rings. The number of aromatic amines is 1. The minimum absolute atomic E-state index is 0.0931. The first kappa shape index (κ1) is 17.2. The number of hydrogen-bond acceptors (Lipinski definition) is 3. The average molecular weight is 359 g/mol. The Balaban J connectivity index is 1.46. The van der Waals surface area contributed by atoms with Crippen LogP contribution in [0.2, 0.25) is 0 Å². The quantitative estimate of drug-likeness (QED) is 0.720. The lowest BCUT2D eigenvalue weighted by molar-refractivity contribution is 0.0632. The van der Waals surface area contributed by atoms with E-state index in [2.05, 4.69) is 22.1 Å². The minimum Gasteiger partial charge on any atom is -0.341 e. The molecule has 1 atom stereocenters. The van der Waals surface area contributed by atoms with Crippen LogP contribution in [0.5, 0.6) is 0 Å². The summed E-state index contributed by atoms with van der Waals surface area (Å²) in [6.07, 6.45) is 4.66. The van der Waals surface area contributed by atoms with Crippen LogP contribution in [0, 0.1) is 5.92 Å². The van der Waals surface area contributed by atoms with Gasteiger partial charge in [0, 0.05) is 24.6 Å². The summed E-state index contributed by atoms with van der Waals surface area (Å²) >= 11 is 0. The number of nitrogens with zero attached hydrogens (tertiary/aromatic N) is 2. The predicted octanol–water partition coefficient (Wildman–Crippen LogP) is 3.81. The molecule has 27 heavy (non-hydrogen) atoms. The van der Waals surface area contributed by atoms with Crippen LogP contribution in [0.25, 0.3) is 11.1 Å². The van der Waals surface area contributed by atoms with Crippen molar-refractivity contribution in [3.63, 3.8) is 0 Å². The molecule has 1 aromatic heterocycles. The Morgan fingerprint density at radius 2 is 1.74 bits per heavy atom. The van der Waals surface area contributed by atoms with E-state index in [9.17, 15) is 9.59 Å². The van der Waals surface area contributed by atoms with E-state index in [1.807, 2.05) is 42.5 Å². The van der Waals surface area contributed by atoms with Crippen molar-refractivity contribution >= 4 is 11.7 Å². The second-order valence-electron chi connectivity index (χ2n) is 6.86. The highest BCUT2D eigenvalue weighted by atomic mass is 16.2. The summed E-state index contributed by atoms with van der Waals surface area (Å²) in [4.78, 5) is 33.9. The number of Topliss-reactive ketones (excluding diaryl/α,β-unsaturated/α-hetero) is 1. The molecule has 5 nitrogen and oxygen atoms in total. The number of nitrogens with one attached hydrogen (secondary N) is 1. The van der Waals surface area contributed by atoms with Crippen LogP contribution in [-0.4, -0.2) is 39.6 Å². The Hall–Kier alpha value is -3.21. The topological polar surface area (TPSA) is 66.1 Å². The first-order valence-electron chi connectivity index (χ1n) is 9.20. The van der Waals surface area contributed by atoms with Gasteiger partial charge in [-0.2, -0.15) is 0 Å². The van der Waals surface area contributed by atoms with Crippen molar-refractivity contribution < 1.29 is 9.59 Å². The molecule has 1 N–H and O–H groups in total. The summed E-state index contributed by atoms with van der Waals surface area (Å²) in [5.41, 5.74) is 3.39. The van der Waals surface area contributed by atoms with Crippen LogP contribution in [0.1, 0.15) is 33.7 Å². The maximum atomic E-state index is 12.9. The van der Waals surface area contributed by atoms with E-state index < -0.39 is 0 Å². The zero-order valence-electron chi connectivity index (χ0n) is 15.0. The number of hydrogen-bond donors (Lipinski definition) is 1. The van der Waals surface area contributed by atoms with Gasteiger partial charge in [-0.15, -0.1) is 0 Å². The molecule has 2 aromatic carbocycles. The first-order valence-corrected chi connectivity index (χ1v) is 9.20. The Morgan fingerprint density at radius 1 is 1.00 bits per heavy atom. The van der Waals surface area contributed by atoms with Crippen molar-refractivity contribution in [1.82, 2.24) is 14.9 Å². The lowest BCUT2D eigenvalue weighted by Crippen LogP contribution is -2.42. The summed E-state index contributed by atoms with van der Waals surface area (Å²) in [7, 11) is 0. The molecule has 0 aliphatic carbocycles.